The van der Waals surface area contributed by atoms with Crippen LogP contribution in [0.25, 0.3) is 0 Å². The largest absolute Gasteiger partial charge is 0.478 e. The second kappa shape index (κ2) is 5.77. The third-order valence-corrected chi connectivity index (χ3v) is 5.51. The van der Waals surface area contributed by atoms with Crippen molar-refractivity contribution in [2.75, 3.05) is 0 Å². The van der Waals surface area contributed by atoms with E-state index in [0.29, 0.717) is 17.0 Å². The minimum Gasteiger partial charge on any atom is -0.478 e. The zero-order valence-electron chi connectivity index (χ0n) is 12.5. The van der Waals surface area contributed by atoms with E-state index in [-0.39, 0.29) is 16.5 Å². The van der Waals surface area contributed by atoms with Crippen LogP contribution in [0.15, 0.2) is 17.0 Å². The fourth-order valence-corrected chi connectivity index (χ4v) is 4.09. The second-order valence-electron chi connectivity index (χ2n) is 5.94. The lowest BCUT2D eigenvalue weighted by molar-refractivity contribution is 0.0696. The number of aromatic carboxylic acids is 1. The number of aryl methyl sites for hydroxylation is 2. The molecular weight excluding hydrogens is 290 g/mol. The molecule has 21 heavy (non-hydrogen) atoms. The first-order valence-corrected chi connectivity index (χ1v) is 8.56. The molecule has 5 nitrogen and oxygen atoms in total. The predicted molar refractivity (Wildman–Crippen MR) is 80.0 cm³/mol. The Morgan fingerprint density at radius 3 is 2.48 bits per heavy atom. The van der Waals surface area contributed by atoms with Gasteiger partial charge in [-0.15, -0.1) is 0 Å². The summed E-state index contributed by atoms with van der Waals surface area (Å²) in [7, 11) is -3.69. The Bertz CT molecular complexity index is 662. The zero-order valence-corrected chi connectivity index (χ0v) is 13.3. The normalized spacial score (nSPS) is 16.7. The van der Waals surface area contributed by atoms with Crippen LogP contribution in [0.2, 0.25) is 0 Å². The van der Waals surface area contributed by atoms with Crippen molar-refractivity contribution in [2.24, 2.45) is 5.92 Å². The van der Waals surface area contributed by atoms with Gasteiger partial charge in [0.15, 0.2) is 0 Å². The van der Waals surface area contributed by atoms with Gasteiger partial charge in [0.2, 0.25) is 10.0 Å². The summed E-state index contributed by atoms with van der Waals surface area (Å²) in [5.74, 6) is -0.494. The van der Waals surface area contributed by atoms with E-state index in [1.807, 2.05) is 6.92 Å². The first-order valence-electron chi connectivity index (χ1n) is 7.07. The summed E-state index contributed by atoms with van der Waals surface area (Å²) in [6.07, 6.45) is 3.16. The van der Waals surface area contributed by atoms with Crippen molar-refractivity contribution in [3.05, 3.63) is 28.8 Å². The topological polar surface area (TPSA) is 83.5 Å². The molecule has 1 unspecified atom stereocenters. The van der Waals surface area contributed by atoms with Gasteiger partial charge in [0.1, 0.15) is 0 Å². The molecule has 0 heterocycles. The molecule has 1 aliphatic carbocycles. The molecular formula is C15H21NO4S. The highest BCUT2D eigenvalue weighted by Gasteiger charge is 2.27. The number of carboxylic acid groups (broad SMARTS) is 1. The Morgan fingerprint density at radius 1 is 1.33 bits per heavy atom. The maximum absolute atomic E-state index is 12.4. The SMILES string of the molecule is Cc1cc(C)c(S(=O)(=O)NC(C)CC2CC2)cc1C(=O)O. The molecule has 1 aromatic carbocycles. The number of sulfonamides is 1. The average Bonchev–Trinajstić information content (AvgIpc) is 3.10. The Morgan fingerprint density at radius 2 is 1.95 bits per heavy atom. The van der Waals surface area contributed by atoms with Crippen LogP contribution in [0, 0.1) is 19.8 Å². The highest BCUT2D eigenvalue weighted by Crippen LogP contribution is 2.33. The van der Waals surface area contributed by atoms with Crippen LogP contribution >= 0.6 is 0 Å². The lowest BCUT2D eigenvalue weighted by atomic mass is 10.1. The van der Waals surface area contributed by atoms with Gasteiger partial charge in [-0.25, -0.2) is 17.9 Å². The summed E-state index contributed by atoms with van der Waals surface area (Å²) < 4.78 is 27.5. The Labute approximate surface area is 125 Å². The molecule has 116 valence electrons. The number of hydrogen-bond donors (Lipinski definition) is 2. The molecule has 2 N–H and O–H groups in total. The number of hydrogen-bond acceptors (Lipinski definition) is 3. The van der Waals surface area contributed by atoms with E-state index in [1.54, 1.807) is 19.9 Å². The van der Waals surface area contributed by atoms with Gasteiger partial charge in [0.05, 0.1) is 10.5 Å². The summed E-state index contributed by atoms with van der Waals surface area (Å²) >= 11 is 0. The maximum atomic E-state index is 12.4. The van der Waals surface area contributed by atoms with Crippen LogP contribution in [0.4, 0.5) is 0 Å². The van der Waals surface area contributed by atoms with Crippen molar-refractivity contribution >= 4 is 16.0 Å². The monoisotopic (exact) mass is 311 g/mol. The smallest absolute Gasteiger partial charge is 0.335 e. The van der Waals surface area contributed by atoms with E-state index < -0.39 is 16.0 Å². The van der Waals surface area contributed by atoms with Crippen molar-refractivity contribution in [3.8, 4) is 0 Å². The molecule has 0 bridgehead atoms. The minimum atomic E-state index is -3.69. The van der Waals surface area contributed by atoms with Crippen molar-refractivity contribution in [1.82, 2.24) is 4.72 Å². The standard InChI is InChI=1S/C15H21NO4S/c1-9-6-10(2)14(8-13(9)15(17)18)21(19,20)16-11(3)7-12-4-5-12/h6,8,11-12,16H,4-5,7H2,1-3H3,(H,17,18). The number of rotatable bonds is 6. The summed E-state index contributed by atoms with van der Waals surface area (Å²) in [6.45, 7) is 5.19. The third-order valence-electron chi connectivity index (χ3n) is 3.78. The van der Waals surface area contributed by atoms with Gasteiger partial charge in [-0.1, -0.05) is 18.9 Å². The van der Waals surface area contributed by atoms with Gasteiger partial charge >= 0.3 is 5.97 Å². The average molecular weight is 311 g/mol. The maximum Gasteiger partial charge on any atom is 0.335 e. The fraction of sp³-hybridized carbons (Fsp3) is 0.533. The van der Waals surface area contributed by atoms with Crippen LogP contribution in [0.1, 0.15) is 47.7 Å². The van der Waals surface area contributed by atoms with Gasteiger partial charge in [-0.3, -0.25) is 0 Å². The lowest BCUT2D eigenvalue weighted by Crippen LogP contribution is -2.33. The quantitative estimate of drug-likeness (QED) is 0.845. The molecule has 0 saturated heterocycles. The van der Waals surface area contributed by atoms with Gasteiger partial charge < -0.3 is 5.11 Å². The number of benzene rings is 1. The van der Waals surface area contributed by atoms with E-state index in [4.69, 9.17) is 5.11 Å². The second-order valence-corrected chi connectivity index (χ2v) is 7.62. The van der Waals surface area contributed by atoms with Crippen LogP contribution in [0.5, 0.6) is 0 Å². The first kappa shape index (κ1) is 16.0. The third kappa shape index (κ3) is 3.83. The number of carboxylic acids is 1. The molecule has 6 heteroatoms. The van der Waals surface area contributed by atoms with E-state index in [1.165, 1.54) is 18.9 Å². The predicted octanol–water partition coefficient (Wildman–Crippen LogP) is 2.47. The van der Waals surface area contributed by atoms with Crippen molar-refractivity contribution < 1.29 is 18.3 Å². The Kier molecular flexibility index (Phi) is 4.39. The molecule has 0 amide bonds. The Balaban J connectivity index is 2.29. The number of nitrogens with one attached hydrogen (secondary N) is 1. The van der Waals surface area contributed by atoms with Crippen LogP contribution < -0.4 is 4.72 Å². The van der Waals surface area contributed by atoms with Gasteiger partial charge in [-0.05, 0) is 50.3 Å². The molecule has 0 spiro atoms. The van der Waals surface area contributed by atoms with Crippen molar-refractivity contribution in [2.45, 2.75) is 51.0 Å². The van der Waals surface area contributed by atoms with Crippen molar-refractivity contribution in [1.29, 1.82) is 0 Å². The molecule has 0 aliphatic heterocycles. The molecule has 0 aromatic heterocycles. The van der Waals surface area contributed by atoms with E-state index >= 15 is 0 Å². The molecule has 1 aromatic rings. The first-order chi connectivity index (χ1) is 9.70. The van der Waals surface area contributed by atoms with E-state index in [0.717, 1.165) is 6.42 Å². The van der Waals surface area contributed by atoms with Crippen molar-refractivity contribution in [3.63, 3.8) is 0 Å². The van der Waals surface area contributed by atoms with Crippen LogP contribution in [-0.2, 0) is 10.0 Å². The summed E-state index contributed by atoms with van der Waals surface area (Å²) in [5, 5.41) is 9.14. The van der Waals surface area contributed by atoms with Gasteiger partial charge in [0.25, 0.3) is 0 Å². The molecule has 1 fully saturated rings. The molecule has 1 saturated carbocycles. The lowest BCUT2D eigenvalue weighted by Gasteiger charge is -2.16. The van der Waals surface area contributed by atoms with Gasteiger partial charge in [0, 0.05) is 6.04 Å². The van der Waals surface area contributed by atoms with Gasteiger partial charge in [-0.2, -0.15) is 0 Å². The number of carbonyl (C=O) groups is 1. The fourth-order valence-electron chi connectivity index (χ4n) is 2.58. The highest BCUT2D eigenvalue weighted by atomic mass is 32.2. The molecule has 2 rings (SSSR count). The highest BCUT2D eigenvalue weighted by molar-refractivity contribution is 7.89. The van der Waals surface area contributed by atoms with Crippen LogP contribution in [-0.4, -0.2) is 25.5 Å². The summed E-state index contributed by atoms with van der Waals surface area (Å²) in [6, 6.07) is 2.71. The van der Waals surface area contributed by atoms with Crippen LogP contribution in [0.3, 0.4) is 0 Å². The van der Waals surface area contributed by atoms with E-state index in [9.17, 15) is 13.2 Å². The minimum absolute atomic E-state index is 0.0239. The summed E-state index contributed by atoms with van der Waals surface area (Å²) in [4.78, 5) is 11.2. The zero-order chi connectivity index (χ0) is 15.8. The summed E-state index contributed by atoms with van der Waals surface area (Å²) in [5.41, 5.74) is 1.14. The Hall–Kier alpha value is -1.40. The van der Waals surface area contributed by atoms with E-state index in [2.05, 4.69) is 4.72 Å². The molecule has 0 radical (unpaired) electrons. The molecule has 1 aliphatic rings. The molecule has 1 atom stereocenters.